The number of fused-ring (bicyclic) bond motifs is 4. The predicted octanol–water partition coefficient (Wildman–Crippen LogP) is 3.76. The van der Waals surface area contributed by atoms with Crippen molar-refractivity contribution >= 4 is 21.9 Å². The van der Waals surface area contributed by atoms with Gasteiger partial charge in [0.05, 0.1) is 5.52 Å². The number of methoxy groups -OCH3 is 1. The number of imidazole rings is 1. The van der Waals surface area contributed by atoms with Crippen LogP contribution in [0.1, 0.15) is 11.8 Å². The normalized spacial score (nSPS) is 16.1. The lowest BCUT2D eigenvalue weighted by Gasteiger charge is -2.27. The molecule has 1 aliphatic rings. The fourth-order valence-corrected chi connectivity index (χ4v) is 3.49. The first-order valence-corrected chi connectivity index (χ1v) is 7.26. The molecule has 22 heavy (non-hydrogen) atoms. The first-order chi connectivity index (χ1) is 10.9. The maximum atomic E-state index is 5.83. The number of nitrogens with zero attached hydrogens (tertiary/aromatic N) is 3. The van der Waals surface area contributed by atoms with Crippen LogP contribution in [0.3, 0.4) is 0 Å². The van der Waals surface area contributed by atoms with Crippen molar-refractivity contribution in [3.63, 3.8) is 0 Å². The number of benzene rings is 2. The molecule has 5 rings (SSSR count). The van der Waals surface area contributed by atoms with Gasteiger partial charge >= 0.3 is 0 Å². The Morgan fingerprint density at radius 1 is 1.05 bits per heavy atom. The zero-order valence-electron chi connectivity index (χ0n) is 12.0. The van der Waals surface area contributed by atoms with Gasteiger partial charge in [-0.25, -0.2) is 9.97 Å². The Bertz CT molecular complexity index is 1030. The average Bonchev–Trinajstić information content (AvgIpc) is 2.95. The highest BCUT2D eigenvalue weighted by Gasteiger charge is 2.29. The van der Waals surface area contributed by atoms with Gasteiger partial charge < -0.3 is 4.74 Å². The SMILES string of the molecule is COC1c2cccc3cccc(c23)-c2nc3ncccc3n21. The molecule has 2 aromatic carbocycles. The van der Waals surface area contributed by atoms with Crippen molar-refractivity contribution in [3.8, 4) is 11.4 Å². The van der Waals surface area contributed by atoms with E-state index in [4.69, 9.17) is 9.72 Å². The number of aromatic nitrogens is 3. The Balaban J connectivity index is 2.02. The van der Waals surface area contributed by atoms with Gasteiger partial charge in [-0.2, -0.15) is 0 Å². The van der Waals surface area contributed by atoms with Gasteiger partial charge in [-0.05, 0) is 17.5 Å². The summed E-state index contributed by atoms with van der Waals surface area (Å²) in [6, 6.07) is 16.6. The summed E-state index contributed by atoms with van der Waals surface area (Å²) in [7, 11) is 1.74. The molecule has 4 nitrogen and oxygen atoms in total. The summed E-state index contributed by atoms with van der Waals surface area (Å²) in [4.78, 5) is 9.14. The molecule has 0 saturated heterocycles. The maximum absolute atomic E-state index is 5.83. The van der Waals surface area contributed by atoms with Gasteiger partial charge in [0, 0.05) is 29.8 Å². The molecule has 2 aromatic heterocycles. The van der Waals surface area contributed by atoms with Crippen LogP contribution >= 0.6 is 0 Å². The van der Waals surface area contributed by atoms with Crippen LogP contribution in [0.25, 0.3) is 33.3 Å². The quantitative estimate of drug-likeness (QED) is 0.535. The van der Waals surface area contributed by atoms with Crippen molar-refractivity contribution in [1.29, 1.82) is 0 Å². The van der Waals surface area contributed by atoms with Gasteiger partial charge in [0.2, 0.25) is 0 Å². The molecule has 4 heteroatoms. The van der Waals surface area contributed by atoms with Crippen molar-refractivity contribution in [3.05, 3.63) is 60.3 Å². The number of rotatable bonds is 1. The summed E-state index contributed by atoms with van der Waals surface area (Å²) in [6.45, 7) is 0. The second-order valence-corrected chi connectivity index (χ2v) is 5.49. The van der Waals surface area contributed by atoms with Gasteiger partial charge in [0.25, 0.3) is 0 Å². The summed E-state index contributed by atoms with van der Waals surface area (Å²) in [6.07, 6.45) is 1.60. The molecule has 0 amide bonds. The van der Waals surface area contributed by atoms with E-state index >= 15 is 0 Å². The number of hydrogen-bond donors (Lipinski definition) is 0. The summed E-state index contributed by atoms with van der Waals surface area (Å²) < 4.78 is 7.96. The molecule has 1 unspecified atom stereocenters. The number of hydrogen-bond acceptors (Lipinski definition) is 3. The van der Waals surface area contributed by atoms with Crippen molar-refractivity contribution in [1.82, 2.24) is 14.5 Å². The van der Waals surface area contributed by atoms with Crippen LogP contribution in [-0.2, 0) is 4.74 Å². The van der Waals surface area contributed by atoms with Gasteiger partial charge in [-0.1, -0.05) is 36.4 Å². The molecule has 1 atom stereocenters. The molecule has 0 radical (unpaired) electrons. The van der Waals surface area contributed by atoms with Crippen molar-refractivity contribution < 1.29 is 4.74 Å². The standard InChI is InChI=1S/C18H13N3O/c1-22-18-13-8-3-6-11-5-2-7-12(15(11)13)17-20-16-14(21(17)18)9-4-10-19-16/h2-10,18H,1H3. The molecule has 0 bridgehead atoms. The first kappa shape index (κ1) is 11.9. The largest absolute Gasteiger partial charge is 0.357 e. The van der Waals surface area contributed by atoms with Crippen molar-refractivity contribution in [2.24, 2.45) is 0 Å². The van der Waals surface area contributed by atoms with Crippen molar-refractivity contribution in [2.45, 2.75) is 6.23 Å². The van der Waals surface area contributed by atoms with Crippen LogP contribution in [0.2, 0.25) is 0 Å². The van der Waals surface area contributed by atoms with E-state index < -0.39 is 0 Å². The second-order valence-electron chi connectivity index (χ2n) is 5.49. The van der Waals surface area contributed by atoms with Crippen LogP contribution in [0.15, 0.2) is 54.7 Å². The van der Waals surface area contributed by atoms with Gasteiger partial charge in [-0.3, -0.25) is 4.57 Å². The molecule has 0 aliphatic carbocycles. The summed E-state index contributed by atoms with van der Waals surface area (Å²) in [5, 5.41) is 2.43. The molecule has 0 saturated carbocycles. The minimum absolute atomic E-state index is 0.178. The van der Waals surface area contributed by atoms with Crippen molar-refractivity contribution in [2.75, 3.05) is 7.11 Å². The fourth-order valence-electron chi connectivity index (χ4n) is 3.49. The average molecular weight is 287 g/mol. The van der Waals surface area contributed by atoms with Crippen LogP contribution < -0.4 is 0 Å². The van der Waals surface area contributed by atoms with E-state index in [9.17, 15) is 0 Å². The van der Waals surface area contributed by atoms with E-state index in [0.717, 1.165) is 22.6 Å². The zero-order chi connectivity index (χ0) is 14.7. The van der Waals surface area contributed by atoms with Crippen LogP contribution in [-0.4, -0.2) is 21.6 Å². The van der Waals surface area contributed by atoms with Gasteiger partial charge in [-0.15, -0.1) is 0 Å². The smallest absolute Gasteiger partial charge is 0.178 e. The number of ether oxygens (including phenoxy) is 1. The van der Waals surface area contributed by atoms with Crippen LogP contribution in [0.5, 0.6) is 0 Å². The molecule has 0 spiro atoms. The highest BCUT2D eigenvalue weighted by atomic mass is 16.5. The summed E-state index contributed by atoms with van der Waals surface area (Å²) >= 11 is 0. The Hall–Kier alpha value is -2.72. The van der Waals surface area contributed by atoms with E-state index in [1.807, 2.05) is 12.1 Å². The Labute approximate surface area is 127 Å². The molecule has 106 valence electrons. The lowest BCUT2D eigenvalue weighted by molar-refractivity contribution is 0.0833. The highest BCUT2D eigenvalue weighted by molar-refractivity contribution is 6.00. The molecule has 0 N–H and O–H groups in total. The number of pyridine rings is 1. The van der Waals surface area contributed by atoms with E-state index in [0.29, 0.717) is 0 Å². The second kappa shape index (κ2) is 4.15. The Morgan fingerprint density at radius 2 is 1.91 bits per heavy atom. The molecule has 0 fully saturated rings. The topological polar surface area (TPSA) is 39.9 Å². The Kier molecular flexibility index (Phi) is 2.24. The van der Waals surface area contributed by atoms with Gasteiger partial charge in [0.1, 0.15) is 5.82 Å². The third kappa shape index (κ3) is 1.35. The Morgan fingerprint density at radius 3 is 2.77 bits per heavy atom. The molecule has 3 heterocycles. The first-order valence-electron chi connectivity index (χ1n) is 7.26. The third-order valence-corrected chi connectivity index (χ3v) is 4.37. The lowest BCUT2D eigenvalue weighted by atomic mass is 9.95. The maximum Gasteiger partial charge on any atom is 0.178 e. The monoisotopic (exact) mass is 287 g/mol. The van der Waals surface area contributed by atoms with E-state index in [2.05, 4.69) is 45.9 Å². The van der Waals surface area contributed by atoms with Gasteiger partial charge in [0.15, 0.2) is 11.9 Å². The van der Waals surface area contributed by atoms with Crippen LogP contribution in [0, 0.1) is 0 Å². The molecular formula is C18H13N3O. The minimum Gasteiger partial charge on any atom is -0.357 e. The third-order valence-electron chi connectivity index (χ3n) is 4.37. The predicted molar refractivity (Wildman–Crippen MR) is 85.6 cm³/mol. The zero-order valence-corrected chi connectivity index (χ0v) is 12.0. The summed E-state index contributed by atoms with van der Waals surface area (Å²) in [5.74, 6) is 0.921. The van der Waals surface area contributed by atoms with E-state index in [-0.39, 0.29) is 6.23 Å². The lowest BCUT2D eigenvalue weighted by Crippen LogP contribution is -2.18. The van der Waals surface area contributed by atoms with Crippen LogP contribution in [0.4, 0.5) is 0 Å². The van der Waals surface area contributed by atoms with E-state index in [1.54, 1.807) is 13.3 Å². The summed E-state index contributed by atoms with van der Waals surface area (Å²) in [5.41, 5.74) is 4.06. The fraction of sp³-hybridized carbons (Fsp3) is 0.111. The highest BCUT2D eigenvalue weighted by Crippen LogP contribution is 2.42. The van der Waals surface area contributed by atoms with E-state index in [1.165, 1.54) is 16.3 Å². The molecule has 4 aromatic rings. The minimum atomic E-state index is -0.178. The molecule has 1 aliphatic heterocycles. The molecular weight excluding hydrogens is 274 g/mol.